The molecule has 0 amide bonds. The molecule has 0 saturated carbocycles. The van der Waals surface area contributed by atoms with E-state index in [2.05, 4.69) is 0 Å². The summed E-state index contributed by atoms with van der Waals surface area (Å²) in [5, 5.41) is 10.5. The Morgan fingerprint density at radius 1 is 1.47 bits per heavy atom. The highest BCUT2D eigenvalue weighted by Gasteiger charge is 2.38. The lowest BCUT2D eigenvalue weighted by Gasteiger charge is -2.29. The Labute approximate surface area is 124 Å². The second-order valence-corrected chi connectivity index (χ2v) is 5.29. The number of methoxy groups -OCH3 is 1. The second-order valence-electron chi connectivity index (χ2n) is 4.85. The van der Waals surface area contributed by atoms with Gasteiger partial charge in [0.1, 0.15) is 5.75 Å². The molecule has 0 heterocycles. The molecule has 4 nitrogen and oxygen atoms in total. The fraction of sp³-hybridized carbons (Fsp3) is 0.462. The molecule has 0 aromatic heterocycles. The highest BCUT2D eigenvalue weighted by atomic mass is 35.5. The Kier molecular flexibility index (Phi) is 6.13. The summed E-state index contributed by atoms with van der Waals surface area (Å²) in [7, 11) is 1.31. The molecule has 1 aromatic carbocycles. The number of aromatic hydroxyl groups is 1. The predicted octanol–water partition coefficient (Wildman–Crippen LogP) is 2.97. The van der Waals surface area contributed by atoms with E-state index in [-0.39, 0.29) is 18.2 Å². The summed E-state index contributed by atoms with van der Waals surface area (Å²) < 4.78 is 4.72. The Morgan fingerprint density at radius 3 is 2.47 bits per heavy atom. The van der Waals surface area contributed by atoms with E-state index in [0.29, 0.717) is 16.1 Å². The quantitative estimate of drug-likeness (QED) is 0.842. The highest BCUT2D eigenvalue weighted by Crippen LogP contribution is 2.39. The first-order valence-corrected chi connectivity index (χ1v) is 5.92. The molecule has 1 rings (SSSR count). The number of ether oxygens (including phenoxy) is 1. The lowest BCUT2D eigenvalue weighted by Crippen LogP contribution is -2.37. The summed E-state index contributed by atoms with van der Waals surface area (Å²) in [5.41, 5.74) is 6.17. The fourth-order valence-electron chi connectivity index (χ4n) is 1.78. The molecule has 0 spiro atoms. The standard InChI is InChI=1S/C13H18ClNO3.ClH/c1-7-5-8(14)6-9(10(7)16)11(15)13(2,3)12(17)18-4;/h5-6,11,16H,15H2,1-4H3;1H/t11-;/m1./s1. The van der Waals surface area contributed by atoms with Gasteiger partial charge in [0.05, 0.1) is 12.5 Å². The Morgan fingerprint density at radius 2 is 2.00 bits per heavy atom. The molecule has 0 fully saturated rings. The SMILES string of the molecule is COC(=O)C(C)(C)[C@H](N)c1cc(Cl)cc(C)c1O.Cl. The van der Waals surface area contributed by atoms with Crippen molar-refractivity contribution in [1.29, 1.82) is 0 Å². The number of esters is 1. The molecular weight excluding hydrogens is 289 g/mol. The smallest absolute Gasteiger partial charge is 0.313 e. The minimum absolute atomic E-state index is 0. The van der Waals surface area contributed by atoms with Crippen molar-refractivity contribution < 1.29 is 14.6 Å². The normalized spacial score (nSPS) is 12.5. The molecule has 1 aromatic rings. The van der Waals surface area contributed by atoms with Gasteiger partial charge in [-0.1, -0.05) is 11.6 Å². The van der Waals surface area contributed by atoms with Crippen molar-refractivity contribution in [2.75, 3.05) is 7.11 Å². The topological polar surface area (TPSA) is 72.5 Å². The second kappa shape index (κ2) is 6.46. The van der Waals surface area contributed by atoms with Gasteiger partial charge >= 0.3 is 5.97 Å². The van der Waals surface area contributed by atoms with E-state index >= 15 is 0 Å². The minimum Gasteiger partial charge on any atom is -0.507 e. The van der Waals surface area contributed by atoms with E-state index in [4.69, 9.17) is 22.1 Å². The number of halogens is 2. The average molecular weight is 308 g/mol. The summed E-state index contributed by atoms with van der Waals surface area (Å²) in [6.45, 7) is 5.06. The zero-order chi connectivity index (χ0) is 14.1. The maximum absolute atomic E-state index is 11.7. The largest absolute Gasteiger partial charge is 0.507 e. The van der Waals surface area contributed by atoms with Crippen LogP contribution in [0.5, 0.6) is 5.75 Å². The molecule has 0 saturated heterocycles. The van der Waals surface area contributed by atoms with E-state index < -0.39 is 17.4 Å². The molecule has 108 valence electrons. The fourth-order valence-corrected chi connectivity index (χ4v) is 2.06. The number of nitrogens with two attached hydrogens (primary N) is 1. The van der Waals surface area contributed by atoms with Gasteiger partial charge in [-0.3, -0.25) is 4.79 Å². The van der Waals surface area contributed by atoms with E-state index in [1.807, 2.05) is 0 Å². The van der Waals surface area contributed by atoms with Crippen LogP contribution in [0.4, 0.5) is 0 Å². The van der Waals surface area contributed by atoms with Crippen molar-refractivity contribution in [3.8, 4) is 5.75 Å². The molecule has 3 N–H and O–H groups in total. The Hall–Kier alpha value is -0.970. The molecule has 0 radical (unpaired) electrons. The van der Waals surface area contributed by atoms with Crippen molar-refractivity contribution in [3.63, 3.8) is 0 Å². The van der Waals surface area contributed by atoms with Gasteiger partial charge in [0.15, 0.2) is 0 Å². The number of phenols is 1. The van der Waals surface area contributed by atoms with Crippen LogP contribution in [0.1, 0.15) is 31.0 Å². The lowest BCUT2D eigenvalue weighted by atomic mass is 9.80. The number of benzene rings is 1. The Balaban J connectivity index is 0.00000324. The average Bonchev–Trinajstić information content (AvgIpc) is 2.31. The molecule has 19 heavy (non-hydrogen) atoms. The first-order valence-electron chi connectivity index (χ1n) is 5.54. The number of hydrogen-bond donors (Lipinski definition) is 2. The van der Waals surface area contributed by atoms with Gasteiger partial charge in [-0.05, 0) is 38.5 Å². The number of hydrogen-bond acceptors (Lipinski definition) is 4. The third kappa shape index (κ3) is 3.53. The van der Waals surface area contributed by atoms with E-state index in [9.17, 15) is 9.90 Å². The molecule has 6 heteroatoms. The summed E-state index contributed by atoms with van der Waals surface area (Å²) >= 11 is 5.95. The number of phenolic OH excluding ortho intramolecular Hbond substituents is 1. The molecule has 1 atom stereocenters. The van der Waals surface area contributed by atoms with Crippen LogP contribution in [0, 0.1) is 12.3 Å². The van der Waals surface area contributed by atoms with Crippen LogP contribution in [-0.4, -0.2) is 18.2 Å². The van der Waals surface area contributed by atoms with Crippen LogP contribution in [-0.2, 0) is 9.53 Å². The third-order valence-electron chi connectivity index (χ3n) is 3.12. The first-order chi connectivity index (χ1) is 8.21. The molecule has 0 aliphatic rings. The van der Waals surface area contributed by atoms with Gasteiger partial charge in [-0.25, -0.2) is 0 Å². The van der Waals surface area contributed by atoms with Gasteiger partial charge in [0, 0.05) is 16.6 Å². The number of carbonyl (C=O) groups is 1. The van der Waals surface area contributed by atoms with Crippen molar-refractivity contribution in [1.82, 2.24) is 0 Å². The van der Waals surface area contributed by atoms with E-state index in [0.717, 1.165) is 0 Å². The maximum atomic E-state index is 11.7. The molecule has 0 aliphatic carbocycles. The Bertz CT molecular complexity index is 475. The van der Waals surface area contributed by atoms with E-state index in [1.165, 1.54) is 7.11 Å². The van der Waals surface area contributed by atoms with Crippen LogP contribution in [0.3, 0.4) is 0 Å². The van der Waals surface area contributed by atoms with Crippen molar-refractivity contribution in [2.45, 2.75) is 26.8 Å². The minimum atomic E-state index is -0.955. The van der Waals surface area contributed by atoms with E-state index in [1.54, 1.807) is 32.9 Å². The summed E-state index contributed by atoms with van der Waals surface area (Å²) in [5.74, 6) is -0.379. The maximum Gasteiger partial charge on any atom is 0.313 e. The summed E-state index contributed by atoms with van der Waals surface area (Å²) in [4.78, 5) is 11.7. The van der Waals surface area contributed by atoms with Gasteiger partial charge in [-0.15, -0.1) is 12.4 Å². The van der Waals surface area contributed by atoms with Gasteiger partial charge in [-0.2, -0.15) is 0 Å². The molecule has 0 unspecified atom stereocenters. The van der Waals surface area contributed by atoms with Crippen LogP contribution >= 0.6 is 24.0 Å². The van der Waals surface area contributed by atoms with Crippen LogP contribution in [0.25, 0.3) is 0 Å². The lowest BCUT2D eigenvalue weighted by molar-refractivity contribution is -0.152. The highest BCUT2D eigenvalue weighted by molar-refractivity contribution is 6.30. The monoisotopic (exact) mass is 307 g/mol. The summed E-state index contributed by atoms with van der Waals surface area (Å²) in [6.07, 6.45) is 0. The van der Waals surface area contributed by atoms with Gasteiger partial charge < -0.3 is 15.6 Å². The van der Waals surface area contributed by atoms with Crippen LogP contribution < -0.4 is 5.73 Å². The molecule has 0 bridgehead atoms. The van der Waals surface area contributed by atoms with Crippen molar-refractivity contribution in [3.05, 3.63) is 28.3 Å². The van der Waals surface area contributed by atoms with Crippen molar-refractivity contribution in [2.24, 2.45) is 11.1 Å². The van der Waals surface area contributed by atoms with Crippen molar-refractivity contribution >= 4 is 30.0 Å². The molecule has 0 aliphatic heterocycles. The van der Waals surface area contributed by atoms with Gasteiger partial charge in [0.25, 0.3) is 0 Å². The number of carbonyl (C=O) groups excluding carboxylic acids is 1. The predicted molar refractivity (Wildman–Crippen MR) is 77.8 cm³/mol. The summed E-state index contributed by atoms with van der Waals surface area (Å²) in [6, 6.07) is 2.50. The first kappa shape index (κ1) is 18.0. The third-order valence-corrected chi connectivity index (χ3v) is 3.34. The zero-order valence-electron chi connectivity index (χ0n) is 11.4. The molecular formula is C13H19Cl2NO3. The van der Waals surface area contributed by atoms with Crippen LogP contribution in [0.2, 0.25) is 5.02 Å². The zero-order valence-corrected chi connectivity index (χ0v) is 12.9. The number of aryl methyl sites for hydroxylation is 1. The van der Waals surface area contributed by atoms with Crippen LogP contribution in [0.15, 0.2) is 12.1 Å². The van der Waals surface area contributed by atoms with Gasteiger partial charge in [0.2, 0.25) is 0 Å². The number of rotatable bonds is 3.